The van der Waals surface area contributed by atoms with Crippen molar-refractivity contribution in [2.45, 2.75) is 18.9 Å². The third-order valence-electron chi connectivity index (χ3n) is 6.08. The summed E-state index contributed by atoms with van der Waals surface area (Å²) in [4.78, 5) is 32.5. The molecule has 2 amide bonds. The van der Waals surface area contributed by atoms with Gasteiger partial charge in [-0.3, -0.25) is 14.5 Å². The van der Waals surface area contributed by atoms with Crippen LogP contribution < -0.4 is 4.74 Å². The number of rotatable bonds is 6. The number of hydrogen-bond donors (Lipinski definition) is 0. The summed E-state index contributed by atoms with van der Waals surface area (Å²) in [6.45, 7) is 5.88. The van der Waals surface area contributed by atoms with Gasteiger partial charge in [-0.15, -0.1) is 11.3 Å². The van der Waals surface area contributed by atoms with E-state index in [2.05, 4.69) is 4.90 Å². The molecule has 0 aliphatic carbocycles. The first-order chi connectivity index (χ1) is 15.6. The molecule has 0 spiro atoms. The summed E-state index contributed by atoms with van der Waals surface area (Å²) in [7, 11) is 1.64. The zero-order chi connectivity index (χ0) is 22.3. The first kappa shape index (κ1) is 22.8. The number of carbonyl (C=O) groups is 2. The Morgan fingerprint density at radius 3 is 2.66 bits per heavy atom. The van der Waals surface area contributed by atoms with Crippen molar-refractivity contribution in [3.8, 4) is 5.75 Å². The average Bonchev–Trinajstić information content (AvgIpc) is 3.26. The zero-order valence-corrected chi connectivity index (χ0v) is 19.4. The van der Waals surface area contributed by atoms with E-state index in [1.54, 1.807) is 7.11 Å². The largest absolute Gasteiger partial charge is 0.497 e. The Balaban J connectivity index is 1.25. The van der Waals surface area contributed by atoms with E-state index in [0.717, 1.165) is 55.3 Å². The second kappa shape index (κ2) is 10.9. The average molecular weight is 458 g/mol. The van der Waals surface area contributed by atoms with E-state index in [-0.39, 0.29) is 17.9 Å². The van der Waals surface area contributed by atoms with E-state index < -0.39 is 0 Å². The third kappa shape index (κ3) is 5.88. The number of methoxy groups -OCH3 is 1. The topological polar surface area (TPSA) is 62.3 Å². The quantitative estimate of drug-likeness (QED) is 0.667. The highest BCUT2D eigenvalue weighted by atomic mass is 32.1. The van der Waals surface area contributed by atoms with Crippen LogP contribution in [0, 0.1) is 0 Å². The van der Waals surface area contributed by atoms with Crippen LogP contribution >= 0.6 is 11.3 Å². The smallest absolute Gasteiger partial charge is 0.264 e. The van der Waals surface area contributed by atoms with Gasteiger partial charge in [0.05, 0.1) is 31.1 Å². The van der Waals surface area contributed by atoms with E-state index in [0.29, 0.717) is 26.1 Å². The predicted molar refractivity (Wildman–Crippen MR) is 124 cm³/mol. The molecule has 7 nitrogen and oxygen atoms in total. The fraction of sp³-hybridized carbons (Fsp3) is 0.500. The van der Waals surface area contributed by atoms with Crippen LogP contribution in [0.3, 0.4) is 0 Å². The molecule has 1 aromatic heterocycles. The summed E-state index contributed by atoms with van der Waals surface area (Å²) in [5.74, 6) is 1.06. The van der Waals surface area contributed by atoms with Crippen molar-refractivity contribution in [2.75, 3.05) is 59.5 Å². The van der Waals surface area contributed by atoms with Gasteiger partial charge < -0.3 is 19.3 Å². The van der Waals surface area contributed by atoms with Crippen molar-refractivity contribution in [3.05, 3.63) is 52.2 Å². The fourth-order valence-corrected chi connectivity index (χ4v) is 4.98. The molecule has 172 valence electrons. The second-order valence-electron chi connectivity index (χ2n) is 8.28. The number of benzene rings is 1. The molecule has 3 heterocycles. The number of carbonyl (C=O) groups excluding carboxylic acids is 2. The molecule has 1 aromatic carbocycles. The Morgan fingerprint density at radius 2 is 1.91 bits per heavy atom. The molecule has 32 heavy (non-hydrogen) atoms. The van der Waals surface area contributed by atoms with E-state index in [1.165, 1.54) is 11.3 Å². The normalized spacial score (nSPS) is 20.1. The van der Waals surface area contributed by atoms with Crippen LogP contribution in [0.5, 0.6) is 5.75 Å². The van der Waals surface area contributed by atoms with Crippen LogP contribution in [-0.4, -0.2) is 92.1 Å². The zero-order valence-electron chi connectivity index (χ0n) is 18.6. The molecule has 0 unspecified atom stereocenters. The molecule has 2 aliphatic heterocycles. The van der Waals surface area contributed by atoms with E-state index in [1.807, 2.05) is 51.6 Å². The van der Waals surface area contributed by atoms with Crippen LogP contribution in [0.25, 0.3) is 0 Å². The highest BCUT2D eigenvalue weighted by Gasteiger charge is 2.28. The van der Waals surface area contributed by atoms with Crippen LogP contribution in [0.2, 0.25) is 0 Å². The van der Waals surface area contributed by atoms with E-state index in [9.17, 15) is 9.59 Å². The second-order valence-corrected chi connectivity index (χ2v) is 9.23. The maximum atomic E-state index is 12.8. The minimum Gasteiger partial charge on any atom is -0.497 e. The Morgan fingerprint density at radius 1 is 1.06 bits per heavy atom. The van der Waals surface area contributed by atoms with Gasteiger partial charge in [-0.25, -0.2) is 0 Å². The number of nitrogens with zero attached hydrogens (tertiary/aromatic N) is 3. The number of amides is 2. The summed E-state index contributed by atoms with van der Waals surface area (Å²) in [6, 6.07) is 11.5. The molecule has 0 saturated carbocycles. The van der Waals surface area contributed by atoms with Crippen molar-refractivity contribution < 1.29 is 19.1 Å². The highest BCUT2D eigenvalue weighted by Crippen LogP contribution is 2.17. The Bertz CT molecular complexity index is 887. The Hall–Kier alpha value is -2.42. The van der Waals surface area contributed by atoms with Gasteiger partial charge in [0, 0.05) is 39.3 Å². The molecule has 0 radical (unpaired) electrons. The van der Waals surface area contributed by atoms with Gasteiger partial charge >= 0.3 is 0 Å². The first-order valence-corrected chi connectivity index (χ1v) is 12.1. The summed E-state index contributed by atoms with van der Waals surface area (Å²) in [5, 5.41) is 1.93. The lowest BCUT2D eigenvalue weighted by Crippen LogP contribution is -2.50. The van der Waals surface area contributed by atoms with Crippen molar-refractivity contribution in [1.29, 1.82) is 0 Å². The maximum absolute atomic E-state index is 12.8. The number of ether oxygens (including phenoxy) is 2. The van der Waals surface area contributed by atoms with Crippen LogP contribution in [0.4, 0.5) is 0 Å². The standard InChI is InChI=1S/C24H31N3O4S/c1-30-20-7-5-19(6-8-20)16-23(28)26-10-3-9-25(11-12-26)17-21-18-27(13-14-31-21)24(29)22-4-2-15-32-22/h2,4-8,15,21H,3,9-14,16-18H2,1H3/t21-/m1/s1. The number of thiophene rings is 1. The molecule has 0 N–H and O–H groups in total. The Labute approximate surface area is 193 Å². The molecular formula is C24H31N3O4S. The lowest BCUT2D eigenvalue weighted by molar-refractivity contribution is -0.130. The maximum Gasteiger partial charge on any atom is 0.264 e. The monoisotopic (exact) mass is 457 g/mol. The summed E-state index contributed by atoms with van der Waals surface area (Å²) in [6.07, 6.45) is 1.36. The molecule has 2 aromatic rings. The first-order valence-electron chi connectivity index (χ1n) is 11.2. The van der Waals surface area contributed by atoms with Crippen molar-refractivity contribution in [2.24, 2.45) is 0 Å². The van der Waals surface area contributed by atoms with Crippen molar-refractivity contribution in [3.63, 3.8) is 0 Å². The minimum atomic E-state index is 0.00853. The van der Waals surface area contributed by atoms with E-state index in [4.69, 9.17) is 9.47 Å². The van der Waals surface area contributed by atoms with Crippen LogP contribution in [-0.2, 0) is 16.0 Å². The van der Waals surface area contributed by atoms with Crippen LogP contribution in [0.15, 0.2) is 41.8 Å². The summed E-state index contributed by atoms with van der Waals surface area (Å²) >= 11 is 1.48. The summed E-state index contributed by atoms with van der Waals surface area (Å²) < 4.78 is 11.2. The molecule has 4 rings (SSSR count). The molecule has 1 atom stereocenters. The van der Waals surface area contributed by atoms with Gasteiger partial charge in [0.25, 0.3) is 5.91 Å². The van der Waals surface area contributed by atoms with Gasteiger partial charge in [0.2, 0.25) is 5.91 Å². The van der Waals surface area contributed by atoms with Crippen LogP contribution in [0.1, 0.15) is 21.7 Å². The van der Waals surface area contributed by atoms with Crippen molar-refractivity contribution in [1.82, 2.24) is 14.7 Å². The SMILES string of the molecule is COc1ccc(CC(=O)N2CCCN(C[C@@H]3CN(C(=O)c4cccs4)CCO3)CC2)cc1. The molecule has 2 fully saturated rings. The predicted octanol–water partition coefficient (Wildman–Crippen LogP) is 2.37. The molecular weight excluding hydrogens is 426 g/mol. The molecule has 2 saturated heterocycles. The third-order valence-corrected chi connectivity index (χ3v) is 6.93. The number of hydrogen-bond acceptors (Lipinski definition) is 6. The van der Waals surface area contributed by atoms with Gasteiger partial charge in [-0.05, 0) is 42.1 Å². The Kier molecular flexibility index (Phi) is 7.78. The van der Waals surface area contributed by atoms with Gasteiger partial charge in [-0.2, -0.15) is 0 Å². The molecule has 0 bridgehead atoms. The lowest BCUT2D eigenvalue weighted by Gasteiger charge is -2.35. The molecule has 2 aliphatic rings. The molecule has 8 heteroatoms. The number of morpholine rings is 1. The minimum absolute atomic E-state index is 0.00853. The highest BCUT2D eigenvalue weighted by molar-refractivity contribution is 7.12. The van der Waals surface area contributed by atoms with Gasteiger partial charge in [-0.1, -0.05) is 18.2 Å². The lowest BCUT2D eigenvalue weighted by atomic mass is 10.1. The summed E-state index contributed by atoms with van der Waals surface area (Å²) in [5.41, 5.74) is 1.00. The van der Waals surface area contributed by atoms with E-state index >= 15 is 0 Å². The fourth-order valence-electron chi connectivity index (χ4n) is 4.29. The van der Waals surface area contributed by atoms with Gasteiger partial charge in [0.15, 0.2) is 0 Å². The van der Waals surface area contributed by atoms with Crippen molar-refractivity contribution >= 4 is 23.2 Å². The van der Waals surface area contributed by atoms with Gasteiger partial charge in [0.1, 0.15) is 5.75 Å².